The summed E-state index contributed by atoms with van der Waals surface area (Å²) in [4.78, 5) is 15.5. The third-order valence-electron chi connectivity index (χ3n) is 4.21. The molecule has 3 N–H and O–H groups in total. The van der Waals surface area contributed by atoms with Gasteiger partial charge in [0.15, 0.2) is 11.6 Å². The van der Waals surface area contributed by atoms with Crippen molar-refractivity contribution in [3.05, 3.63) is 75.7 Å². The van der Waals surface area contributed by atoms with Gasteiger partial charge in [-0.15, -0.1) is 0 Å². The summed E-state index contributed by atoms with van der Waals surface area (Å²) in [5.74, 6) is -0.102. The van der Waals surface area contributed by atoms with E-state index >= 15 is 0 Å². The smallest absolute Gasteiger partial charge is 0.248 e. The highest BCUT2D eigenvalue weighted by molar-refractivity contribution is 6.36. The quantitative estimate of drug-likeness (QED) is 0.615. The molecule has 0 fully saturated rings. The number of aromatic nitrogens is 1. The number of benzene rings is 2. The first kappa shape index (κ1) is 17.6. The van der Waals surface area contributed by atoms with Gasteiger partial charge in [0, 0.05) is 17.3 Å². The maximum absolute atomic E-state index is 13.8. The van der Waals surface area contributed by atoms with E-state index < -0.39 is 18.0 Å². The molecule has 4 rings (SSSR count). The third kappa shape index (κ3) is 3.18. The first-order chi connectivity index (χ1) is 12.9. The van der Waals surface area contributed by atoms with E-state index in [1.54, 1.807) is 36.5 Å². The lowest BCUT2D eigenvalue weighted by molar-refractivity contribution is 0.100. The number of nitrogens with zero attached hydrogens (tertiary/aromatic N) is 1. The summed E-state index contributed by atoms with van der Waals surface area (Å²) in [6.07, 6.45) is 0.904. The van der Waals surface area contributed by atoms with E-state index in [0.29, 0.717) is 22.7 Å². The second-order valence-electron chi connectivity index (χ2n) is 5.91. The first-order valence-corrected chi connectivity index (χ1v) is 8.66. The molecule has 1 aliphatic rings. The third-order valence-corrected chi connectivity index (χ3v) is 4.92. The summed E-state index contributed by atoms with van der Waals surface area (Å²) in [6, 6.07) is 11.2. The number of hydrogen-bond acceptors (Lipinski definition) is 4. The number of nitrogens with two attached hydrogens (primary N) is 1. The van der Waals surface area contributed by atoms with Gasteiger partial charge in [0.2, 0.25) is 12.1 Å². The van der Waals surface area contributed by atoms with Gasteiger partial charge in [0.05, 0.1) is 15.6 Å². The number of hydrogen-bond donors (Lipinski definition) is 2. The number of carbonyl (C=O) groups is 1. The Kier molecular flexibility index (Phi) is 4.37. The van der Waals surface area contributed by atoms with E-state index in [2.05, 4.69) is 10.3 Å². The van der Waals surface area contributed by atoms with Crippen molar-refractivity contribution in [3.8, 4) is 16.9 Å². The Morgan fingerprint density at radius 2 is 1.89 bits per heavy atom. The highest BCUT2D eigenvalue weighted by atomic mass is 35.5. The number of halogens is 3. The molecule has 0 spiro atoms. The molecule has 1 amide bonds. The number of pyridine rings is 1. The van der Waals surface area contributed by atoms with Crippen LogP contribution < -0.4 is 15.8 Å². The predicted octanol–water partition coefficient (Wildman–Crippen LogP) is 4.80. The van der Waals surface area contributed by atoms with Crippen LogP contribution in [0, 0.1) is 5.82 Å². The fourth-order valence-electron chi connectivity index (χ4n) is 2.82. The molecular formula is C19H12Cl2FN3O2. The monoisotopic (exact) mass is 403 g/mol. The predicted molar refractivity (Wildman–Crippen MR) is 102 cm³/mol. The number of rotatable bonds is 3. The molecule has 1 aliphatic heterocycles. The van der Waals surface area contributed by atoms with Crippen LogP contribution in [-0.2, 0) is 0 Å². The lowest BCUT2D eigenvalue weighted by Crippen LogP contribution is -2.12. The number of anilines is 1. The summed E-state index contributed by atoms with van der Waals surface area (Å²) in [5, 5.41) is 3.22. The Morgan fingerprint density at radius 1 is 1.15 bits per heavy atom. The lowest BCUT2D eigenvalue weighted by Gasteiger charge is -2.15. The zero-order valence-corrected chi connectivity index (χ0v) is 15.2. The molecule has 0 saturated carbocycles. The minimum Gasteiger partial charge on any atom is -0.462 e. The fourth-order valence-corrected chi connectivity index (χ4v) is 3.39. The molecule has 1 unspecified atom stereocenters. The molecular weight excluding hydrogens is 392 g/mol. The number of nitrogens with one attached hydrogen (secondary N) is 1. The Bertz CT molecular complexity index is 1060. The van der Waals surface area contributed by atoms with E-state index in [1.165, 1.54) is 12.1 Å². The second-order valence-corrected chi connectivity index (χ2v) is 6.70. The zero-order chi connectivity index (χ0) is 19.1. The van der Waals surface area contributed by atoms with E-state index in [0.717, 1.165) is 11.1 Å². The van der Waals surface area contributed by atoms with E-state index in [9.17, 15) is 9.18 Å². The minimum absolute atomic E-state index is 0.102. The second kappa shape index (κ2) is 6.72. The molecule has 8 heteroatoms. The van der Waals surface area contributed by atoms with Crippen molar-refractivity contribution in [1.29, 1.82) is 0 Å². The van der Waals surface area contributed by atoms with Gasteiger partial charge in [-0.05, 0) is 35.9 Å². The van der Waals surface area contributed by atoms with Crippen LogP contribution in [0.25, 0.3) is 11.1 Å². The van der Waals surface area contributed by atoms with Crippen molar-refractivity contribution in [2.75, 3.05) is 5.32 Å². The van der Waals surface area contributed by atoms with Gasteiger partial charge in [-0.3, -0.25) is 4.79 Å². The molecule has 1 aromatic heterocycles. The summed E-state index contributed by atoms with van der Waals surface area (Å²) in [6.45, 7) is 0. The highest BCUT2D eigenvalue weighted by Gasteiger charge is 2.29. The van der Waals surface area contributed by atoms with Crippen molar-refractivity contribution < 1.29 is 13.9 Å². The number of primary amides is 1. The minimum atomic E-state index is -0.754. The maximum Gasteiger partial charge on any atom is 0.248 e. The van der Waals surface area contributed by atoms with Gasteiger partial charge in [-0.2, -0.15) is 0 Å². The molecule has 0 aliphatic carbocycles. The summed E-state index contributed by atoms with van der Waals surface area (Å²) >= 11 is 12.2. The average molecular weight is 404 g/mol. The molecule has 1 atom stereocenters. The van der Waals surface area contributed by atoms with Crippen LogP contribution in [0.5, 0.6) is 5.75 Å². The maximum atomic E-state index is 13.8. The average Bonchev–Trinajstić information content (AvgIpc) is 3.08. The van der Waals surface area contributed by atoms with Crippen molar-refractivity contribution in [2.24, 2.45) is 5.73 Å². The number of fused-ring (bicyclic) bond motifs is 1. The Balaban J connectivity index is 1.64. The van der Waals surface area contributed by atoms with Crippen LogP contribution in [0.3, 0.4) is 0 Å². The normalized spacial score (nSPS) is 15.0. The lowest BCUT2D eigenvalue weighted by atomic mass is 10.1. The van der Waals surface area contributed by atoms with E-state index in [4.69, 9.17) is 33.7 Å². The van der Waals surface area contributed by atoms with Gasteiger partial charge >= 0.3 is 0 Å². The Labute approximate surface area is 163 Å². The molecule has 27 heavy (non-hydrogen) atoms. The topological polar surface area (TPSA) is 77.2 Å². The van der Waals surface area contributed by atoms with Crippen molar-refractivity contribution in [1.82, 2.24) is 4.98 Å². The van der Waals surface area contributed by atoms with E-state index in [-0.39, 0.29) is 10.0 Å². The molecule has 136 valence electrons. The van der Waals surface area contributed by atoms with Gasteiger partial charge in [-0.25, -0.2) is 9.37 Å². The van der Waals surface area contributed by atoms with Gasteiger partial charge < -0.3 is 15.8 Å². The highest BCUT2D eigenvalue weighted by Crippen LogP contribution is 2.42. The molecule has 5 nitrogen and oxygen atoms in total. The Morgan fingerprint density at radius 3 is 2.59 bits per heavy atom. The SMILES string of the molecule is NC(=O)c1ccc(-c2cnc3c(c2)OC(c2c(Cl)ccc(F)c2Cl)N3)cc1. The molecule has 3 aromatic rings. The van der Waals surface area contributed by atoms with Gasteiger partial charge in [0.25, 0.3) is 0 Å². The fraction of sp³-hybridized carbons (Fsp3) is 0.0526. The zero-order valence-electron chi connectivity index (χ0n) is 13.7. The molecule has 2 heterocycles. The molecule has 2 aromatic carbocycles. The number of amides is 1. The van der Waals surface area contributed by atoms with Crippen LogP contribution in [0.4, 0.5) is 10.2 Å². The summed E-state index contributed by atoms with van der Waals surface area (Å²) < 4.78 is 19.6. The molecule has 0 bridgehead atoms. The van der Waals surface area contributed by atoms with Gasteiger partial charge in [-0.1, -0.05) is 35.3 Å². The first-order valence-electron chi connectivity index (χ1n) is 7.91. The number of ether oxygens (including phenoxy) is 1. The van der Waals surface area contributed by atoms with Crippen LogP contribution >= 0.6 is 23.2 Å². The van der Waals surface area contributed by atoms with Crippen LogP contribution in [0.15, 0.2) is 48.7 Å². The van der Waals surface area contributed by atoms with Crippen molar-refractivity contribution >= 4 is 34.9 Å². The molecule has 0 saturated heterocycles. The summed E-state index contributed by atoms with van der Waals surface area (Å²) in [7, 11) is 0. The van der Waals surface area contributed by atoms with Gasteiger partial charge in [0.1, 0.15) is 5.82 Å². The van der Waals surface area contributed by atoms with Crippen LogP contribution in [0.1, 0.15) is 22.1 Å². The summed E-state index contributed by atoms with van der Waals surface area (Å²) in [5.41, 5.74) is 7.60. The van der Waals surface area contributed by atoms with Crippen molar-refractivity contribution in [3.63, 3.8) is 0 Å². The van der Waals surface area contributed by atoms with Crippen LogP contribution in [0.2, 0.25) is 10.0 Å². The number of carbonyl (C=O) groups excluding carboxylic acids is 1. The Hall–Kier alpha value is -2.83. The van der Waals surface area contributed by atoms with Crippen molar-refractivity contribution in [2.45, 2.75) is 6.23 Å². The molecule has 0 radical (unpaired) electrons. The van der Waals surface area contributed by atoms with E-state index in [1.807, 2.05) is 0 Å². The standard InChI is InChI=1S/C19H12Cl2FN3O2/c20-12-5-6-13(22)16(21)15(12)19-25-18-14(27-19)7-11(8-24-18)9-1-3-10(4-2-9)17(23)26/h1-8,19H,(H2,23,26)(H,24,25). The van der Waals surface area contributed by atoms with Crippen LogP contribution in [-0.4, -0.2) is 10.9 Å². The largest absolute Gasteiger partial charge is 0.462 e.